The molecule has 0 aliphatic carbocycles. The molecule has 48 heavy (non-hydrogen) atoms. The average Bonchev–Trinajstić information content (AvgIpc) is 3.01. The second-order valence-electron chi connectivity index (χ2n) is 11.5. The molecule has 1 aliphatic rings. The molecule has 5 N–H and O–H groups in total. The first-order valence-electron chi connectivity index (χ1n) is 15.8. The van der Waals surface area contributed by atoms with Gasteiger partial charge in [0.1, 0.15) is 23.9 Å². The maximum Gasteiger partial charge on any atom is 0.323 e. The zero-order valence-electron chi connectivity index (χ0n) is 27.8. The highest BCUT2D eigenvalue weighted by molar-refractivity contribution is 5.82. The van der Waals surface area contributed by atoms with Crippen molar-refractivity contribution in [1.29, 1.82) is 0 Å². The van der Waals surface area contributed by atoms with Crippen molar-refractivity contribution in [3.63, 3.8) is 0 Å². The topological polar surface area (TPSA) is 252 Å². The maximum atomic E-state index is 12.9. The van der Waals surface area contributed by atoms with E-state index in [1.165, 1.54) is 18.9 Å². The number of carboxylic acid groups (broad SMARTS) is 4. The lowest BCUT2D eigenvalue weighted by molar-refractivity contribution is -0.151. The van der Waals surface area contributed by atoms with Gasteiger partial charge >= 0.3 is 35.8 Å². The molecule has 0 bridgehead atoms. The molecule has 4 unspecified atom stereocenters. The summed E-state index contributed by atoms with van der Waals surface area (Å²) >= 11 is 0. The van der Waals surface area contributed by atoms with Gasteiger partial charge in [0, 0.05) is 78.2 Å². The lowest BCUT2D eigenvalue weighted by Gasteiger charge is -2.40. The first kappa shape index (κ1) is 42.3. The minimum Gasteiger partial charge on any atom is -0.481 e. The summed E-state index contributed by atoms with van der Waals surface area (Å²) in [5.74, 6) is -6.45. The van der Waals surface area contributed by atoms with E-state index in [1.54, 1.807) is 14.7 Å². The van der Waals surface area contributed by atoms with Crippen LogP contribution in [0.5, 0.6) is 0 Å². The van der Waals surface area contributed by atoms with Crippen molar-refractivity contribution in [2.45, 2.75) is 76.0 Å². The van der Waals surface area contributed by atoms with E-state index in [-0.39, 0.29) is 103 Å². The van der Waals surface area contributed by atoms with Crippen LogP contribution < -0.4 is 0 Å². The Morgan fingerprint density at radius 3 is 1.10 bits per heavy atom. The molecule has 4 atom stereocenters. The number of rotatable bonds is 19. The lowest BCUT2D eigenvalue weighted by Crippen LogP contribution is -2.56. The number of hydrogen-bond donors (Lipinski definition) is 5. The molecule has 0 saturated carbocycles. The summed E-state index contributed by atoms with van der Waals surface area (Å²) in [7, 11) is 2.34. The lowest BCUT2D eigenvalue weighted by atomic mass is 10.0. The third-order valence-corrected chi connectivity index (χ3v) is 8.46. The molecule has 0 aromatic rings. The second kappa shape index (κ2) is 22.0. The van der Waals surface area contributed by atoms with Crippen LogP contribution in [0.2, 0.25) is 0 Å². The molecule has 0 aromatic carbocycles. The van der Waals surface area contributed by atoms with E-state index in [0.29, 0.717) is 0 Å². The van der Waals surface area contributed by atoms with E-state index in [0.717, 1.165) is 7.11 Å². The minimum absolute atomic E-state index is 0.00264. The van der Waals surface area contributed by atoms with Gasteiger partial charge in [-0.15, -0.1) is 0 Å². The van der Waals surface area contributed by atoms with E-state index in [1.807, 2.05) is 0 Å². The summed E-state index contributed by atoms with van der Waals surface area (Å²) in [5, 5.41) is 47.8. The van der Waals surface area contributed by atoms with Gasteiger partial charge in [-0.2, -0.15) is 0 Å². The normalized spacial score (nSPS) is 18.7. The van der Waals surface area contributed by atoms with Crippen LogP contribution >= 0.6 is 0 Å². The molecule has 0 amide bonds. The summed E-state index contributed by atoms with van der Waals surface area (Å²) in [5.41, 5.74) is 0. The number of Topliss-reactive ketones (excluding diaryl/α,β-unsaturated/α-hetero) is 1. The molecule has 1 aliphatic heterocycles. The fraction of sp³-hybridized carbons (Fsp3) is 0.767. The van der Waals surface area contributed by atoms with Gasteiger partial charge in [0.25, 0.3) is 0 Å². The number of carboxylic acids is 4. The number of nitrogens with zero attached hydrogens (tertiary/aromatic N) is 4. The number of aliphatic hydroxyl groups is 1. The van der Waals surface area contributed by atoms with Gasteiger partial charge in [0.2, 0.25) is 0 Å². The van der Waals surface area contributed by atoms with Crippen molar-refractivity contribution >= 4 is 41.6 Å². The van der Waals surface area contributed by atoms with Gasteiger partial charge in [-0.25, -0.2) is 0 Å². The predicted octanol–water partition coefficient (Wildman–Crippen LogP) is -1.32. The number of ether oxygens (including phenoxy) is 2. The smallest absolute Gasteiger partial charge is 0.323 e. The Labute approximate surface area is 279 Å². The van der Waals surface area contributed by atoms with Gasteiger partial charge in [0.15, 0.2) is 0 Å². The number of ketones is 1. The first-order valence-corrected chi connectivity index (χ1v) is 15.8. The van der Waals surface area contributed by atoms with E-state index >= 15 is 0 Å². The van der Waals surface area contributed by atoms with Crippen molar-refractivity contribution in [2.75, 3.05) is 73.2 Å². The van der Waals surface area contributed by atoms with Gasteiger partial charge in [-0.05, 0) is 32.6 Å². The molecular formula is C30H50N4O14. The van der Waals surface area contributed by atoms with Crippen molar-refractivity contribution < 1.29 is 68.6 Å². The van der Waals surface area contributed by atoms with Crippen LogP contribution in [0.15, 0.2) is 0 Å². The highest BCUT2D eigenvalue weighted by Crippen LogP contribution is 2.18. The molecule has 274 valence electrons. The molecule has 1 rings (SSSR count). The van der Waals surface area contributed by atoms with Crippen LogP contribution in [-0.4, -0.2) is 184 Å². The van der Waals surface area contributed by atoms with Gasteiger partial charge in [0.05, 0.1) is 20.3 Å². The Kier molecular flexibility index (Phi) is 19.4. The number of esters is 2. The monoisotopic (exact) mass is 690 g/mol. The van der Waals surface area contributed by atoms with Crippen LogP contribution in [0.25, 0.3) is 0 Å². The van der Waals surface area contributed by atoms with Crippen molar-refractivity contribution in [2.24, 2.45) is 0 Å². The van der Waals surface area contributed by atoms with Crippen molar-refractivity contribution in [3.8, 4) is 0 Å². The van der Waals surface area contributed by atoms with Gasteiger partial charge < -0.3 is 35.0 Å². The third kappa shape index (κ3) is 14.6. The Hall–Kier alpha value is -3.71. The molecule has 0 radical (unpaired) electrons. The van der Waals surface area contributed by atoms with Crippen molar-refractivity contribution in [3.05, 3.63) is 0 Å². The number of aliphatic hydroxyl groups excluding tert-OH is 1. The quantitative estimate of drug-likeness (QED) is 0.0985. The van der Waals surface area contributed by atoms with E-state index in [9.17, 15) is 59.1 Å². The molecule has 1 fully saturated rings. The molecule has 0 spiro atoms. The zero-order valence-corrected chi connectivity index (χ0v) is 27.8. The van der Waals surface area contributed by atoms with Crippen LogP contribution in [0, 0.1) is 0 Å². The number of carbonyl (C=O) groups excluding carboxylic acids is 3. The largest absolute Gasteiger partial charge is 0.481 e. The minimum atomic E-state index is -1.28. The van der Waals surface area contributed by atoms with Gasteiger partial charge in [-0.1, -0.05) is 0 Å². The fourth-order valence-corrected chi connectivity index (χ4v) is 5.90. The predicted molar refractivity (Wildman–Crippen MR) is 166 cm³/mol. The molecule has 18 heteroatoms. The third-order valence-electron chi connectivity index (χ3n) is 8.46. The van der Waals surface area contributed by atoms with Crippen LogP contribution in [0.1, 0.15) is 51.9 Å². The summed E-state index contributed by atoms with van der Waals surface area (Å²) in [6.07, 6.45) is -1.59. The molecule has 1 heterocycles. The summed E-state index contributed by atoms with van der Waals surface area (Å²) in [6, 6.07) is -4.16. The maximum absolute atomic E-state index is 12.9. The molecule has 0 aromatic heterocycles. The Morgan fingerprint density at radius 2 is 0.812 bits per heavy atom. The van der Waals surface area contributed by atoms with Crippen LogP contribution in [-0.2, 0) is 43.0 Å². The van der Waals surface area contributed by atoms with E-state index in [2.05, 4.69) is 0 Å². The van der Waals surface area contributed by atoms with E-state index in [4.69, 9.17) is 9.47 Å². The number of methoxy groups -OCH3 is 2. The van der Waals surface area contributed by atoms with Gasteiger partial charge in [-0.3, -0.25) is 53.2 Å². The summed E-state index contributed by atoms with van der Waals surface area (Å²) in [6.45, 7) is 1.27. The first-order chi connectivity index (χ1) is 22.7. The SMILES string of the molecule is COC(=O)C(CCC(=O)O)N1CCN(C(CCC(=O)O)C(C)=O)CCN(C(CCC(=O)O)C(=O)O)CCN(C(CCO)C(=O)OC)CC1. The summed E-state index contributed by atoms with van der Waals surface area (Å²) < 4.78 is 9.96. The Balaban J connectivity index is 3.73. The number of aliphatic carboxylic acids is 4. The van der Waals surface area contributed by atoms with Crippen LogP contribution in [0.3, 0.4) is 0 Å². The highest BCUT2D eigenvalue weighted by atomic mass is 16.5. The molecule has 1 saturated heterocycles. The second-order valence-corrected chi connectivity index (χ2v) is 11.5. The molecule has 18 nitrogen and oxygen atoms in total. The molecular weight excluding hydrogens is 640 g/mol. The van der Waals surface area contributed by atoms with Crippen LogP contribution in [0.4, 0.5) is 0 Å². The number of hydrogen-bond acceptors (Lipinski definition) is 14. The van der Waals surface area contributed by atoms with E-state index < -0.39 is 66.4 Å². The standard InChI is InChI=1S/C30H50N4O14/c1-20(36)21(4-7-25(37)38)31-11-13-32(22(28(43)44)5-8-26(39)40)14-16-34(24(10-19-35)30(46)48-3)18-17-33(15-12-31)23(29(45)47-2)6-9-27(41)42/h21-24,35H,4-19H2,1-3H3,(H,37,38)(H,39,40)(H,41,42)(H,43,44). The fourth-order valence-electron chi connectivity index (χ4n) is 5.90. The average molecular weight is 691 g/mol. The highest BCUT2D eigenvalue weighted by Gasteiger charge is 2.35. The number of carbonyl (C=O) groups is 7. The summed E-state index contributed by atoms with van der Waals surface area (Å²) in [4.78, 5) is 91.8. The zero-order chi connectivity index (χ0) is 36.4. The Bertz CT molecular complexity index is 1110. The van der Waals surface area contributed by atoms with Crippen molar-refractivity contribution in [1.82, 2.24) is 19.6 Å². The Morgan fingerprint density at radius 1 is 0.521 bits per heavy atom.